The first-order valence-electron chi connectivity index (χ1n) is 8.08. The first-order chi connectivity index (χ1) is 11.7. The Kier molecular flexibility index (Phi) is 7.07. The zero-order chi connectivity index (χ0) is 17.4. The number of rotatable bonds is 8. The zero-order valence-electron chi connectivity index (χ0n) is 14.2. The molecule has 1 atom stereocenters. The Morgan fingerprint density at radius 2 is 2.21 bits per heavy atom. The molecule has 0 bridgehead atoms. The molecule has 132 valence electrons. The third-order valence-corrected chi connectivity index (χ3v) is 3.98. The molecule has 1 aliphatic heterocycles. The van der Waals surface area contributed by atoms with Gasteiger partial charge in [0.2, 0.25) is 0 Å². The Hall–Kier alpha value is -2.06. The molecule has 0 saturated carbocycles. The summed E-state index contributed by atoms with van der Waals surface area (Å²) in [5, 5.41) is 0. The summed E-state index contributed by atoms with van der Waals surface area (Å²) in [6.07, 6.45) is 4.14. The van der Waals surface area contributed by atoms with Gasteiger partial charge in [-0.05, 0) is 6.92 Å². The fourth-order valence-electron chi connectivity index (χ4n) is 2.77. The number of anilines is 1. The maximum atomic E-state index is 11.6. The minimum absolute atomic E-state index is 0.158. The fourth-order valence-corrected chi connectivity index (χ4v) is 2.77. The van der Waals surface area contributed by atoms with Crippen LogP contribution >= 0.6 is 0 Å². The summed E-state index contributed by atoms with van der Waals surface area (Å²) in [5.41, 5.74) is 0.320. The maximum absolute atomic E-state index is 11.6. The Bertz CT molecular complexity index is 537. The lowest BCUT2D eigenvalue weighted by molar-refractivity contribution is -0.143. The Labute approximate surface area is 141 Å². The number of piperazine rings is 1. The standard InChI is InChI=1S/C16H24N4O4/c1-3-24-16(22)4-5-19-6-7-20(10-14(19)12-23-2)15-9-17-13(11-21)8-18-15/h8-9,11,14H,3-7,10,12H2,1-2H3/t14-/m0/s1. The summed E-state index contributed by atoms with van der Waals surface area (Å²) < 4.78 is 10.3. The van der Waals surface area contributed by atoms with E-state index in [1.807, 2.05) is 0 Å². The first kappa shape index (κ1) is 18.3. The highest BCUT2D eigenvalue weighted by atomic mass is 16.5. The molecule has 0 aliphatic carbocycles. The predicted octanol–water partition coefficient (Wildman–Crippen LogP) is 0.379. The van der Waals surface area contributed by atoms with Crippen molar-refractivity contribution in [3.05, 3.63) is 18.1 Å². The van der Waals surface area contributed by atoms with Gasteiger partial charge in [0.25, 0.3) is 0 Å². The van der Waals surface area contributed by atoms with Crippen LogP contribution in [0.25, 0.3) is 0 Å². The number of ether oxygens (including phenoxy) is 2. The van der Waals surface area contributed by atoms with Crippen molar-refractivity contribution >= 4 is 18.1 Å². The number of hydrogen-bond donors (Lipinski definition) is 0. The van der Waals surface area contributed by atoms with Crippen LogP contribution in [-0.2, 0) is 14.3 Å². The first-order valence-corrected chi connectivity index (χ1v) is 8.08. The molecule has 24 heavy (non-hydrogen) atoms. The van der Waals surface area contributed by atoms with Crippen LogP contribution in [0, 0.1) is 0 Å². The minimum atomic E-state index is -0.175. The molecule has 2 rings (SSSR count). The van der Waals surface area contributed by atoms with Crippen molar-refractivity contribution in [1.82, 2.24) is 14.9 Å². The van der Waals surface area contributed by atoms with Crippen molar-refractivity contribution in [2.75, 3.05) is 51.4 Å². The van der Waals surface area contributed by atoms with Gasteiger partial charge in [0.1, 0.15) is 11.5 Å². The molecule has 1 fully saturated rings. The van der Waals surface area contributed by atoms with Gasteiger partial charge < -0.3 is 14.4 Å². The normalized spacial score (nSPS) is 18.4. The van der Waals surface area contributed by atoms with E-state index in [1.165, 1.54) is 6.20 Å². The molecule has 1 saturated heterocycles. The van der Waals surface area contributed by atoms with Crippen molar-refractivity contribution in [1.29, 1.82) is 0 Å². The second kappa shape index (κ2) is 9.29. The lowest BCUT2D eigenvalue weighted by atomic mass is 10.1. The molecule has 0 amide bonds. The number of aromatic nitrogens is 2. The van der Waals surface area contributed by atoms with Crippen LogP contribution in [0.2, 0.25) is 0 Å². The number of nitrogens with zero attached hydrogens (tertiary/aromatic N) is 4. The summed E-state index contributed by atoms with van der Waals surface area (Å²) in [5.74, 6) is 0.568. The second-order valence-electron chi connectivity index (χ2n) is 5.56. The molecular weight excluding hydrogens is 312 g/mol. The average molecular weight is 336 g/mol. The van der Waals surface area contributed by atoms with Crippen molar-refractivity contribution in [2.45, 2.75) is 19.4 Å². The molecule has 0 spiro atoms. The molecule has 1 aliphatic rings. The van der Waals surface area contributed by atoms with E-state index in [4.69, 9.17) is 9.47 Å². The summed E-state index contributed by atoms with van der Waals surface area (Å²) in [6, 6.07) is 0.158. The fraction of sp³-hybridized carbons (Fsp3) is 0.625. The molecule has 2 heterocycles. The number of carbonyl (C=O) groups excluding carboxylic acids is 2. The van der Waals surface area contributed by atoms with Gasteiger partial charge >= 0.3 is 5.97 Å². The van der Waals surface area contributed by atoms with Gasteiger partial charge in [-0.3, -0.25) is 14.5 Å². The Balaban J connectivity index is 1.95. The van der Waals surface area contributed by atoms with Crippen LogP contribution in [0.15, 0.2) is 12.4 Å². The molecule has 0 aromatic carbocycles. The van der Waals surface area contributed by atoms with Crippen LogP contribution in [0.4, 0.5) is 5.82 Å². The second-order valence-corrected chi connectivity index (χ2v) is 5.56. The van der Waals surface area contributed by atoms with E-state index in [0.29, 0.717) is 38.2 Å². The van der Waals surface area contributed by atoms with Gasteiger partial charge in [0.15, 0.2) is 6.29 Å². The third-order valence-electron chi connectivity index (χ3n) is 3.98. The lowest BCUT2D eigenvalue weighted by Crippen LogP contribution is -2.55. The smallest absolute Gasteiger partial charge is 0.307 e. The molecule has 0 N–H and O–H groups in total. The average Bonchev–Trinajstić information content (AvgIpc) is 2.61. The van der Waals surface area contributed by atoms with Gasteiger partial charge in [-0.15, -0.1) is 0 Å². The van der Waals surface area contributed by atoms with E-state index in [0.717, 1.165) is 25.5 Å². The summed E-state index contributed by atoms with van der Waals surface area (Å²) in [7, 11) is 1.67. The SMILES string of the molecule is CCOC(=O)CCN1CCN(c2cnc(C=O)cn2)C[C@H]1COC. The molecule has 0 unspecified atom stereocenters. The monoisotopic (exact) mass is 336 g/mol. The largest absolute Gasteiger partial charge is 0.466 e. The quantitative estimate of drug-likeness (QED) is 0.497. The van der Waals surface area contributed by atoms with Crippen LogP contribution in [0.1, 0.15) is 23.8 Å². The topological polar surface area (TPSA) is 84.9 Å². The van der Waals surface area contributed by atoms with Crippen molar-refractivity contribution in [3.8, 4) is 0 Å². The van der Waals surface area contributed by atoms with E-state index in [9.17, 15) is 9.59 Å². The van der Waals surface area contributed by atoms with Crippen LogP contribution in [-0.4, -0.2) is 79.7 Å². The Morgan fingerprint density at radius 3 is 2.83 bits per heavy atom. The summed E-state index contributed by atoms with van der Waals surface area (Å²) in [4.78, 5) is 34.9. The van der Waals surface area contributed by atoms with Crippen LogP contribution in [0.5, 0.6) is 0 Å². The highest BCUT2D eigenvalue weighted by Gasteiger charge is 2.28. The number of carbonyl (C=O) groups is 2. The van der Waals surface area contributed by atoms with Gasteiger partial charge in [-0.25, -0.2) is 9.97 Å². The van der Waals surface area contributed by atoms with E-state index in [1.54, 1.807) is 20.2 Å². The molecular formula is C16H24N4O4. The summed E-state index contributed by atoms with van der Waals surface area (Å²) in [6.45, 7) is 5.73. The van der Waals surface area contributed by atoms with Gasteiger partial charge in [-0.1, -0.05) is 0 Å². The van der Waals surface area contributed by atoms with Crippen molar-refractivity contribution in [2.24, 2.45) is 0 Å². The van der Waals surface area contributed by atoms with Gasteiger partial charge in [0.05, 0.1) is 38.1 Å². The van der Waals surface area contributed by atoms with E-state index in [2.05, 4.69) is 19.8 Å². The van der Waals surface area contributed by atoms with Gasteiger partial charge in [-0.2, -0.15) is 0 Å². The molecule has 1 aromatic rings. The maximum Gasteiger partial charge on any atom is 0.307 e. The number of aldehydes is 1. The van der Waals surface area contributed by atoms with E-state index >= 15 is 0 Å². The van der Waals surface area contributed by atoms with E-state index in [-0.39, 0.29) is 12.0 Å². The minimum Gasteiger partial charge on any atom is -0.466 e. The lowest BCUT2D eigenvalue weighted by Gasteiger charge is -2.41. The molecule has 8 nitrogen and oxygen atoms in total. The number of methoxy groups -OCH3 is 1. The van der Waals surface area contributed by atoms with Gasteiger partial charge in [0, 0.05) is 33.3 Å². The highest BCUT2D eigenvalue weighted by molar-refractivity contribution is 5.71. The molecule has 1 aromatic heterocycles. The highest BCUT2D eigenvalue weighted by Crippen LogP contribution is 2.17. The molecule has 0 radical (unpaired) electrons. The number of hydrogen-bond acceptors (Lipinski definition) is 8. The summed E-state index contributed by atoms with van der Waals surface area (Å²) >= 11 is 0. The van der Waals surface area contributed by atoms with Crippen LogP contribution in [0.3, 0.4) is 0 Å². The van der Waals surface area contributed by atoms with E-state index < -0.39 is 0 Å². The predicted molar refractivity (Wildman–Crippen MR) is 88.1 cm³/mol. The van der Waals surface area contributed by atoms with Crippen molar-refractivity contribution < 1.29 is 19.1 Å². The Morgan fingerprint density at radius 1 is 1.38 bits per heavy atom. The number of esters is 1. The third kappa shape index (κ3) is 4.97. The van der Waals surface area contributed by atoms with Crippen LogP contribution < -0.4 is 4.90 Å². The molecule has 8 heteroatoms. The van der Waals surface area contributed by atoms with Crippen molar-refractivity contribution in [3.63, 3.8) is 0 Å². The zero-order valence-corrected chi connectivity index (χ0v) is 14.2.